The van der Waals surface area contributed by atoms with Gasteiger partial charge in [0.15, 0.2) is 0 Å². The van der Waals surface area contributed by atoms with Gasteiger partial charge in [-0.1, -0.05) is 0 Å². The summed E-state index contributed by atoms with van der Waals surface area (Å²) in [6.45, 7) is 1.66. The van der Waals surface area contributed by atoms with E-state index < -0.39 is 18.0 Å². The second-order valence-corrected chi connectivity index (χ2v) is 3.36. The SMILES string of the molecule is CC(O)CCC(=O)O.O=C(O)CCCCO. The van der Waals surface area contributed by atoms with Gasteiger partial charge in [0.1, 0.15) is 0 Å². The summed E-state index contributed by atoms with van der Waals surface area (Å²) in [5.41, 5.74) is 0. The molecular formula is C10H20O6. The van der Waals surface area contributed by atoms with E-state index in [4.69, 9.17) is 20.4 Å². The second-order valence-electron chi connectivity index (χ2n) is 3.36. The van der Waals surface area contributed by atoms with Crippen LogP contribution in [-0.2, 0) is 9.59 Å². The van der Waals surface area contributed by atoms with Crippen molar-refractivity contribution in [2.24, 2.45) is 0 Å². The Morgan fingerprint density at radius 3 is 1.81 bits per heavy atom. The molecule has 0 spiro atoms. The fourth-order valence-electron chi connectivity index (χ4n) is 0.720. The first-order valence-corrected chi connectivity index (χ1v) is 5.12. The molecule has 0 radical (unpaired) electrons. The number of carboxylic acid groups (broad SMARTS) is 2. The van der Waals surface area contributed by atoms with Gasteiger partial charge in [-0.3, -0.25) is 9.59 Å². The predicted molar refractivity (Wildman–Crippen MR) is 57.1 cm³/mol. The largest absolute Gasteiger partial charge is 0.481 e. The zero-order valence-corrected chi connectivity index (χ0v) is 9.43. The zero-order chi connectivity index (χ0) is 13.0. The van der Waals surface area contributed by atoms with Crippen LogP contribution in [0.15, 0.2) is 0 Å². The molecule has 0 heterocycles. The van der Waals surface area contributed by atoms with E-state index >= 15 is 0 Å². The van der Waals surface area contributed by atoms with Gasteiger partial charge in [0, 0.05) is 19.4 Å². The highest BCUT2D eigenvalue weighted by Crippen LogP contribution is 1.93. The Morgan fingerprint density at radius 1 is 1.06 bits per heavy atom. The number of hydrogen-bond donors (Lipinski definition) is 4. The molecule has 0 fully saturated rings. The van der Waals surface area contributed by atoms with Crippen molar-refractivity contribution >= 4 is 11.9 Å². The summed E-state index contributed by atoms with van der Waals surface area (Å²) >= 11 is 0. The van der Waals surface area contributed by atoms with Crippen LogP contribution in [0.25, 0.3) is 0 Å². The maximum absolute atomic E-state index is 9.79. The van der Waals surface area contributed by atoms with Crippen LogP contribution in [0.1, 0.15) is 39.0 Å². The molecule has 0 aliphatic rings. The minimum atomic E-state index is -0.856. The Balaban J connectivity index is 0. The zero-order valence-electron chi connectivity index (χ0n) is 9.43. The summed E-state index contributed by atoms with van der Waals surface area (Å²) in [5.74, 6) is -1.65. The summed E-state index contributed by atoms with van der Waals surface area (Å²) in [4.78, 5) is 19.6. The Kier molecular flexibility index (Phi) is 12.9. The van der Waals surface area contributed by atoms with E-state index in [0.29, 0.717) is 19.3 Å². The van der Waals surface area contributed by atoms with E-state index in [-0.39, 0.29) is 19.4 Å². The molecule has 0 saturated carbocycles. The normalized spacial score (nSPS) is 11.2. The molecule has 96 valence electrons. The van der Waals surface area contributed by atoms with Crippen LogP contribution in [0.2, 0.25) is 0 Å². The van der Waals surface area contributed by atoms with Gasteiger partial charge < -0.3 is 20.4 Å². The minimum absolute atomic E-state index is 0.0532. The van der Waals surface area contributed by atoms with Crippen LogP contribution in [0.3, 0.4) is 0 Å². The molecule has 16 heavy (non-hydrogen) atoms. The van der Waals surface area contributed by atoms with Crippen molar-refractivity contribution in [3.8, 4) is 0 Å². The highest BCUT2D eigenvalue weighted by Gasteiger charge is 1.99. The first kappa shape index (κ1) is 17.3. The third-order valence-corrected chi connectivity index (χ3v) is 1.57. The predicted octanol–water partition coefficient (Wildman–Crippen LogP) is 0.466. The molecule has 0 aromatic carbocycles. The molecule has 0 aromatic heterocycles. The molecule has 0 aliphatic carbocycles. The number of unbranched alkanes of at least 4 members (excludes halogenated alkanes) is 1. The number of carbonyl (C=O) groups is 2. The van der Waals surface area contributed by atoms with Crippen molar-refractivity contribution in [1.82, 2.24) is 0 Å². The van der Waals surface area contributed by atoms with Crippen molar-refractivity contribution in [1.29, 1.82) is 0 Å². The van der Waals surface area contributed by atoms with E-state index in [9.17, 15) is 9.59 Å². The molecule has 0 aliphatic heterocycles. The average molecular weight is 236 g/mol. The summed E-state index contributed by atoms with van der Waals surface area (Å²) in [7, 11) is 0. The van der Waals surface area contributed by atoms with Gasteiger partial charge in [-0.05, 0) is 26.2 Å². The van der Waals surface area contributed by atoms with E-state index in [2.05, 4.69) is 0 Å². The van der Waals surface area contributed by atoms with Gasteiger partial charge in [0.05, 0.1) is 6.10 Å². The number of rotatable bonds is 7. The molecule has 0 saturated heterocycles. The highest BCUT2D eigenvalue weighted by atomic mass is 16.4. The van der Waals surface area contributed by atoms with Crippen LogP contribution in [0.4, 0.5) is 0 Å². The topological polar surface area (TPSA) is 115 Å². The van der Waals surface area contributed by atoms with Crippen molar-refractivity contribution in [3.05, 3.63) is 0 Å². The van der Waals surface area contributed by atoms with Gasteiger partial charge in [-0.25, -0.2) is 0 Å². The lowest BCUT2D eigenvalue weighted by atomic mass is 10.2. The monoisotopic (exact) mass is 236 g/mol. The van der Waals surface area contributed by atoms with E-state index in [1.54, 1.807) is 6.92 Å². The lowest BCUT2D eigenvalue weighted by molar-refractivity contribution is -0.138. The van der Waals surface area contributed by atoms with Gasteiger partial charge in [0.25, 0.3) is 0 Å². The Labute approximate surface area is 94.5 Å². The lowest BCUT2D eigenvalue weighted by Gasteiger charge is -1.97. The van der Waals surface area contributed by atoms with Gasteiger partial charge in [0.2, 0.25) is 0 Å². The maximum atomic E-state index is 9.79. The fourth-order valence-corrected chi connectivity index (χ4v) is 0.720. The third kappa shape index (κ3) is 23.0. The van der Waals surface area contributed by atoms with Gasteiger partial charge in [-0.15, -0.1) is 0 Å². The third-order valence-electron chi connectivity index (χ3n) is 1.57. The smallest absolute Gasteiger partial charge is 0.303 e. The maximum Gasteiger partial charge on any atom is 0.303 e. The molecule has 6 heteroatoms. The molecular weight excluding hydrogens is 216 g/mol. The molecule has 1 unspecified atom stereocenters. The number of carboxylic acids is 2. The molecule has 1 atom stereocenters. The number of aliphatic hydroxyl groups is 2. The van der Waals surface area contributed by atoms with Crippen molar-refractivity contribution < 1.29 is 30.0 Å². The quantitative estimate of drug-likeness (QED) is 0.477. The van der Waals surface area contributed by atoms with Crippen LogP contribution >= 0.6 is 0 Å². The standard InChI is InChI=1S/2C5H10O3/c1-4(6)2-3-5(7)8;6-4-2-1-3-5(7)8/h4,6H,2-3H2,1H3,(H,7,8);6H,1-4H2,(H,7,8). The lowest BCUT2D eigenvalue weighted by Crippen LogP contribution is -2.03. The van der Waals surface area contributed by atoms with Crippen LogP contribution in [-0.4, -0.2) is 45.1 Å². The van der Waals surface area contributed by atoms with Crippen molar-refractivity contribution in [2.75, 3.05) is 6.61 Å². The first-order valence-electron chi connectivity index (χ1n) is 5.12. The molecule has 0 rings (SSSR count). The molecule has 4 N–H and O–H groups in total. The van der Waals surface area contributed by atoms with Crippen LogP contribution in [0.5, 0.6) is 0 Å². The molecule has 0 bridgehead atoms. The minimum Gasteiger partial charge on any atom is -0.481 e. The molecule has 0 aromatic rings. The highest BCUT2D eigenvalue weighted by molar-refractivity contribution is 5.66. The van der Waals surface area contributed by atoms with Gasteiger partial charge in [-0.2, -0.15) is 0 Å². The summed E-state index contributed by atoms with van der Waals surface area (Å²) in [6, 6.07) is 0. The van der Waals surface area contributed by atoms with E-state index in [0.717, 1.165) is 0 Å². The first-order chi connectivity index (χ1) is 7.40. The number of aliphatic carboxylic acids is 2. The summed E-state index contributed by atoms with van der Waals surface area (Å²) in [6.07, 6.45) is 1.23. The number of aliphatic hydroxyl groups excluding tert-OH is 2. The second kappa shape index (κ2) is 11.9. The van der Waals surface area contributed by atoms with E-state index in [1.165, 1.54) is 0 Å². The van der Waals surface area contributed by atoms with Crippen molar-refractivity contribution in [3.63, 3.8) is 0 Å². The molecule has 6 nitrogen and oxygen atoms in total. The fraction of sp³-hybridized carbons (Fsp3) is 0.800. The van der Waals surface area contributed by atoms with E-state index in [1.807, 2.05) is 0 Å². The van der Waals surface area contributed by atoms with Gasteiger partial charge >= 0.3 is 11.9 Å². The molecule has 0 amide bonds. The van der Waals surface area contributed by atoms with Crippen LogP contribution < -0.4 is 0 Å². The Morgan fingerprint density at radius 2 is 1.56 bits per heavy atom. The van der Waals surface area contributed by atoms with Crippen LogP contribution in [0, 0.1) is 0 Å². The Bertz CT molecular complexity index is 190. The summed E-state index contributed by atoms with van der Waals surface area (Å²) in [5, 5.41) is 32.8. The summed E-state index contributed by atoms with van der Waals surface area (Å²) < 4.78 is 0. The Hall–Kier alpha value is -1.14. The number of hydrogen-bond acceptors (Lipinski definition) is 4. The average Bonchev–Trinajstić information content (AvgIpc) is 2.16. The van der Waals surface area contributed by atoms with Crippen molar-refractivity contribution in [2.45, 2.75) is 45.1 Å².